The molecule has 1 saturated carbocycles. The van der Waals surface area contributed by atoms with Crippen LogP contribution in [0.25, 0.3) is 10.9 Å². The summed E-state index contributed by atoms with van der Waals surface area (Å²) in [6.45, 7) is 8.16. The Morgan fingerprint density at radius 1 is 1.11 bits per heavy atom. The Labute approximate surface area is 322 Å². The third-order valence-electron chi connectivity index (χ3n) is 14.8. The number of hydrogen-bond acceptors (Lipinski definition) is 10. The van der Waals surface area contributed by atoms with Gasteiger partial charge in [0.25, 0.3) is 5.91 Å². The molecule has 1 spiro atoms. The van der Waals surface area contributed by atoms with Crippen LogP contribution in [-0.4, -0.2) is 115 Å². The average molecular weight is 751 g/mol. The number of carbonyl (C=O) groups excluding carboxylic acids is 2. The molecule has 3 aromatic rings. The van der Waals surface area contributed by atoms with E-state index in [-0.39, 0.29) is 17.9 Å². The number of para-hydroxylation sites is 1. The lowest BCUT2D eigenvalue weighted by Crippen LogP contribution is -2.82. The van der Waals surface area contributed by atoms with E-state index in [1.807, 2.05) is 43.1 Å². The first kappa shape index (κ1) is 36.4. The molecule has 9 rings (SSSR count). The summed E-state index contributed by atoms with van der Waals surface area (Å²) in [6, 6.07) is 11.2. The molecule has 0 radical (unpaired) electrons. The number of nitrogens with one attached hydrogen (secondary N) is 2. The quantitative estimate of drug-likeness (QED) is 0.0835. The first-order valence-electron chi connectivity index (χ1n) is 19.9. The number of esters is 1. The van der Waals surface area contributed by atoms with Crippen LogP contribution in [0.3, 0.4) is 0 Å². The minimum absolute atomic E-state index is 0.0353. The van der Waals surface area contributed by atoms with Gasteiger partial charge in [0.2, 0.25) is 0 Å². The van der Waals surface area contributed by atoms with Crippen molar-refractivity contribution in [1.82, 2.24) is 20.2 Å². The zero-order valence-corrected chi connectivity index (χ0v) is 32.5. The van der Waals surface area contributed by atoms with E-state index in [9.17, 15) is 15.0 Å². The number of fused-ring (bicyclic) bond motifs is 6. The number of ether oxygens (including phenoxy) is 2. The molecule has 1 amide bonds. The fourth-order valence-corrected chi connectivity index (χ4v) is 12.7. The lowest BCUT2D eigenvalue weighted by molar-refractivity contribution is -0.203. The van der Waals surface area contributed by atoms with E-state index in [0.29, 0.717) is 43.7 Å². The molecular formula is C43H54N6O6. The standard InChI is InChI=1S/C43H54N6O6/c1-6-25-19-26-22-42(39(52)55-5,34-28(13-17-48(23-25)24-26)27-11-8-9-12-31(27)45-34)30-20-29-32(21-33(30)54-4)47(3)36-41(29)15-18-49-16-10-14-40(7-2,35(41)49)37(50)43(36,53)38(51)46-44/h8-12,14,19-21,26,35-37,45,50,53H,6-7,13,15-18,22-24,44H2,1-5H3,(H,46,51)/t26-,35-,36+,37+,40+,41+,42-,43-/m0/s1. The molecule has 6 N–H and O–H groups in total. The van der Waals surface area contributed by atoms with Gasteiger partial charge in [-0.05, 0) is 67.8 Å². The van der Waals surface area contributed by atoms with E-state index in [0.717, 1.165) is 65.9 Å². The smallest absolute Gasteiger partial charge is 0.322 e. The highest BCUT2D eigenvalue weighted by Gasteiger charge is 2.78. The fourth-order valence-electron chi connectivity index (χ4n) is 12.7. The summed E-state index contributed by atoms with van der Waals surface area (Å²) < 4.78 is 12.3. The van der Waals surface area contributed by atoms with Gasteiger partial charge < -0.3 is 29.6 Å². The molecule has 1 saturated heterocycles. The number of aromatic nitrogens is 1. The minimum atomic E-state index is -2.28. The first-order valence-corrected chi connectivity index (χ1v) is 19.9. The number of likely N-dealkylation sites (N-methyl/N-ethyl adjacent to an activating group) is 1. The van der Waals surface area contributed by atoms with Crippen molar-refractivity contribution >= 4 is 28.5 Å². The Balaban J connectivity index is 1.37. The van der Waals surface area contributed by atoms with Crippen molar-refractivity contribution < 1.29 is 29.3 Å². The van der Waals surface area contributed by atoms with Crippen LogP contribution in [0.4, 0.5) is 5.69 Å². The van der Waals surface area contributed by atoms with E-state index < -0.39 is 39.9 Å². The van der Waals surface area contributed by atoms with Crippen LogP contribution in [-0.2, 0) is 31.6 Å². The molecule has 1 aliphatic carbocycles. The molecule has 9 atom stereocenters. The number of amides is 1. The Bertz CT molecular complexity index is 2150. The summed E-state index contributed by atoms with van der Waals surface area (Å²) in [7, 11) is 4.97. The molecule has 2 bridgehead atoms. The third-order valence-corrected chi connectivity index (χ3v) is 14.8. The van der Waals surface area contributed by atoms with E-state index >= 15 is 4.79 Å². The number of carbonyl (C=O) groups is 2. The second-order valence-electron chi connectivity index (χ2n) is 16.9. The molecule has 1 unspecified atom stereocenters. The maximum atomic E-state index is 15.2. The van der Waals surface area contributed by atoms with Gasteiger partial charge in [0.15, 0.2) is 5.60 Å². The van der Waals surface area contributed by atoms with Gasteiger partial charge in [-0.25, -0.2) is 5.84 Å². The number of aliphatic hydroxyl groups excluding tert-OH is 1. The highest BCUT2D eigenvalue weighted by atomic mass is 16.5. The summed E-state index contributed by atoms with van der Waals surface area (Å²) in [5, 5.41) is 26.4. The van der Waals surface area contributed by atoms with Gasteiger partial charge in [0, 0.05) is 84.0 Å². The maximum absolute atomic E-state index is 15.2. The lowest BCUT2D eigenvalue weighted by atomic mass is 9.47. The molecule has 1 aromatic heterocycles. The highest BCUT2D eigenvalue weighted by Crippen LogP contribution is 2.67. The van der Waals surface area contributed by atoms with Gasteiger partial charge in [0.05, 0.1) is 20.3 Å². The normalized spacial score (nSPS) is 36.1. The lowest BCUT2D eigenvalue weighted by Gasteiger charge is -2.63. The number of aliphatic hydroxyl groups is 2. The Morgan fingerprint density at radius 3 is 2.64 bits per heavy atom. The fraction of sp³-hybridized carbons (Fsp3) is 0.535. The van der Waals surface area contributed by atoms with Crippen LogP contribution in [0.5, 0.6) is 5.75 Å². The maximum Gasteiger partial charge on any atom is 0.322 e. The second-order valence-corrected chi connectivity index (χ2v) is 16.9. The molecule has 12 nitrogen and oxygen atoms in total. The summed E-state index contributed by atoms with van der Waals surface area (Å²) in [5.41, 5.74) is 3.42. The van der Waals surface area contributed by atoms with Gasteiger partial charge in [-0.3, -0.25) is 24.8 Å². The summed E-state index contributed by atoms with van der Waals surface area (Å²) in [5.74, 6) is 5.18. The van der Waals surface area contributed by atoms with Gasteiger partial charge in [-0.2, -0.15) is 0 Å². The molecule has 6 aliphatic rings. The number of anilines is 1. The average Bonchev–Trinajstić information content (AvgIpc) is 3.87. The monoisotopic (exact) mass is 750 g/mol. The zero-order valence-electron chi connectivity index (χ0n) is 32.5. The Kier molecular flexibility index (Phi) is 8.39. The molecule has 292 valence electrons. The van der Waals surface area contributed by atoms with Crippen molar-refractivity contribution in [1.29, 1.82) is 0 Å². The number of methoxy groups -OCH3 is 2. The molecule has 55 heavy (non-hydrogen) atoms. The van der Waals surface area contributed by atoms with Gasteiger partial charge >= 0.3 is 5.97 Å². The largest absolute Gasteiger partial charge is 0.496 e. The predicted octanol–water partition coefficient (Wildman–Crippen LogP) is 3.04. The van der Waals surface area contributed by atoms with Crippen LogP contribution < -0.4 is 20.9 Å². The van der Waals surface area contributed by atoms with Crippen molar-refractivity contribution in [3.05, 3.63) is 82.6 Å². The number of nitrogens with two attached hydrogens (primary N) is 1. The van der Waals surface area contributed by atoms with Crippen LogP contribution >= 0.6 is 0 Å². The molecule has 2 fully saturated rings. The third kappa shape index (κ3) is 4.51. The summed E-state index contributed by atoms with van der Waals surface area (Å²) >= 11 is 0. The number of hydrogen-bond donors (Lipinski definition) is 5. The van der Waals surface area contributed by atoms with E-state index in [1.54, 1.807) is 7.11 Å². The number of rotatable bonds is 6. The SMILES string of the molecule is CCC1=C[C@@H]2CN(CCc3c([nH]c4ccccc34)[C@@](C(=O)OC)(c3cc4c(cc3OC)N(C)[C@H]3[C@@](O)(C(=O)NN)[C@H](O)[C@]5(CC)C=CCN6CC[C@]43[C@@H]65)C2)C1. The van der Waals surface area contributed by atoms with E-state index in [4.69, 9.17) is 15.3 Å². The molecule has 2 aromatic carbocycles. The molecule has 12 heteroatoms. The van der Waals surface area contributed by atoms with Crippen molar-refractivity contribution in [2.75, 3.05) is 58.9 Å². The number of aromatic amines is 1. The zero-order chi connectivity index (χ0) is 38.7. The summed E-state index contributed by atoms with van der Waals surface area (Å²) in [4.78, 5) is 39.9. The molecule has 6 heterocycles. The summed E-state index contributed by atoms with van der Waals surface area (Å²) in [6.07, 6.45) is 8.21. The van der Waals surface area contributed by atoms with Crippen molar-refractivity contribution in [3.8, 4) is 5.75 Å². The number of benzene rings is 2. The van der Waals surface area contributed by atoms with Gasteiger partial charge in [-0.15, -0.1) is 0 Å². The van der Waals surface area contributed by atoms with Crippen molar-refractivity contribution in [2.24, 2.45) is 17.2 Å². The van der Waals surface area contributed by atoms with Crippen molar-refractivity contribution in [2.45, 2.75) is 80.6 Å². The van der Waals surface area contributed by atoms with Crippen LogP contribution in [0.1, 0.15) is 61.9 Å². The topological polar surface area (TPSA) is 157 Å². The number of hydrazine groups is 1. The van der Waals surface area contributed by atoms with E-state index in [1.165, 1.54) is 12.7 Å². The minimum Gasteiger partial charge on any atom is -0.496 e. The van der Waals surface area contributed by atoms with Crippen LogP contribution in [0, 0.1) is 11.3 Å². The van der Waals surface area contributed by atoms with Crippen LogP contribution in [0.15, 0.2) is 60.2 Å². The Morgan fingerprint density at radius 2 is 1.91 bits per heavy atom. The first-order chi connectivity index (χ1) is 26.5. The number of nitrogens with zero attached hydrogens (tertiary/aromatic N) is 3. The van der Waals surface area contributed by atoms with Gasteiger partial charge in [-0.1, -0.05) is 55.8 Å². The van der Waals surface area contributed by atoms with Crippen LogP contribution in [0.2, 0.25) is 0 Å². The Hall–Kier alpha value is -4.20. The predicted molar refractivity (Wildman–Crippen MR) is 210 cm³/mol. The second kappa shape index (κ2) is 12.7. The highest BCUT2D eigenvalue weighted by molar-refractivity contribution is 5.95. The van der Waals surface area contributed by atoms with Crippen molar-refractivity contribution in [3.63, 3.8) is 0 Å². The molecular weight excluding hydrogens is 697 g/mol. The number of H-pyrrole nitrogens is 1. The van der Waals surface area contributed by atoms with E-state index in [2.05, 4.69) is 57.5 Å². The molecule has 5 aliphatic heterocycles. The van der Waals surface area contributed by atoms with Gasteiger partial charge in [0.1, 0.15) is 17.3 Å².